The quantitative estimate of drug-likeness (QED) is 0.569. The van der Waals surface area contributed by atoms with Gasteiger partial charge in [0.1, 0.15) is 5.69 Å². The summed E-state index contributed by atoms with van der Waals surface area (Å²) in [7, 11) is 0. The smallest absolute Gasteiger partial charge is 0.188 e. The summed E-state index contributed by atoms with van der Waals surface area (Å²) in [4.78, 5) is 12.6. The van der Waals surface area contributed by atoms with E-state index < -0.39 is 0 Å². The minimum Gasteiger partial charge on any atom is -0.292 e. The minimum atomic E-state index is -0.00689. The van der Waals surface area contributed by atoms with Crippen LogP contribution in [0.4, 0.5) is 0 Å². The van der Waals surface area contributed by atoms with Crippen LogP contribution in [0.3, 0.4) is 0 Å². The van der Waals surface area contributed by atoms with Gasteiger partial charge in [-0.05, 0) is 24.1 Å². The lowest BCUT2D eigenvalue weighted by Gasteiger charge is -2.02. The van der Waals surface area contributed by atoms with Gasteiger partial charge in [-0.1, -0.05) is 48.0 Å². The summed E-state index contributed by atoms with van der Waals surface area (Å²) in [6.07, 6.45) is 3.97. The number of hydrogen-bond acceptors (Lipinski definition) is 3. The highest BCUT2D eigenvalue weighted by molar-refractivity contribution is 6.06. The molecule has 4 aromatic rings. The normalized spacial score (nSPS) is 11.1. The van der Waals surface area contributed by atoms with Gasteiger partial charge in [0.15, 0.2) is 5.78 Å². The third kappa shape index (κ3) is 3.21. The van der Waals surface area contributed by atoms with Crippen molar-refractivity contribution >= 4 is 16.7 Å². The van der Waals surface area contributed by atoms with Gasteiger partial charge in [-0.3, -0.25) is 14.6 Å². The van der Waals surface area contributed by atoms with E-state index >= 15 is 0 Å². The molecule has 0 amide bonds. The van der Waals surface area contributed by atoms with Gasteiger partial charge in [-0.15, -0.1) is 0 Å². The molecule has 1 N–H and O–H groups in total. The maximum Gasteiger partial charge on any atom is 0.188 e. The van der Waals surface area contributed by atoms with Crippen LogP contribution in [0, 0.1) is 6.92 Å². The van der Waals surface area contributed by atoms with E-state index in [1.54, 1.807) is 6.20 Å². The van der Waals surface area contributed by atoms with Crippen LogP contribution in [0.2, 0.25) is 0 Å². The van der Waals surface area contributed by atoms with Crippen molar-refractivity contribution in [3.8, 4) is 0 Å². The molecule has 0 aliphatic carbocycles. The molecule has 2 aromatic carbocycles. The number of aryl methyl sites for hydroxylation is 1. The van der Waals surface area contributed by atoms with Crippen molar-refractivity contribution in [1.82, 2.24) is 20.0 Å². The minimum absolute atomic E-state index is 0.00689. The Morgan fingerprint density at radius 2 is 2.00 bits per heavy atom. The van der Waals surface area contributed by atoms with Crippen LogP contribution in [-0.2, 0) is 13.0 Å². The number of aromatic nitrogens is 4. The first-order chi connectivity index (χ1) is 12.2. The van der Waals surface area contributed by atoms with Crippen LogP contribution in [0.1, 0.15) is 27.2 Å². The summed E-state index contributed by atoms with van der Waals surface area (Å²) < 4.78 is 1.86. The van der Waals surface area contributed by atoms with Gasteiger partial charge < -0.3 is 0 Å². The molecule has 25 heavy (non-hydrogen) atoms. The Morgan fingerprint density at radius 1 is 1.12 bits per heavy atom. The number of carbonyl (C=O) groups is 1. The van der Waals surface area contributed by atoms with Crippen molar-refractivity contribution in [2.45, 2.75) is 19.9 Å². The Bertz CT molecular complexity index is 1040. The fourth-order valence-electron chi connectivity index (χ4n) is 3.03. The molecule has 2 heterocycles. The lowest BCUT2D eigenvalue weighted by atomic mass is 10.1. The molecule has 0 radical (unpaired) electrons. The first kappa shape index (κ1) is 15.3. The van der Waals surface area contributed by atoms with Crippen LogP contribution in [0.25, 0.3) is 10.9 Å². The molecule has 0 atom stereocenters. The van der Waals surface area contributed by atoms with E-state index in [-0.39, 0.29) is 5.78 Å². The zero-order valence-corrected chi connectivity index (χ0v) is 13.9. The zero-order chi connectivity index (χ0) is 17.2. The van der Waals surface area contributed by atoms with Crippen molar-refractivity contribution < 1.29 is 4.79 Å². The summed E-state index contributed by atoms with van der Waals surface area (Å²) >= 11 is 0. The molecule has 0 bridgehead atoms. The van der Waals surface area contributed by atoms with Crippen molar-refractivity contribution in [3.63, 3.8) is 0 Å². The number of Topliss-reactive ketones (excluding diaryl/α,β-unsaturated/α-hetero) is 1. The number of fused-ring (bicyclic) bond motifs is 1. The maximum absolute atomic E-state index is 12.6. The zero-order valence-electron chi connectivity index (χ0n) is 13.9. The highest BCUT2D eigenvalue weighted by Gasteiger charge is 2.15. The first-order valence-electron chi connectivity index (χ1n) is 8.22. The van der Waals surface area contributed by atoms with Crippen molar-refractivity contribution in [1.29, 1.82) is 0 Å². The molecule has 5 heteroatoms. The van der Waals surface area contributed by atoms with E-state index in [9.17, 15) is 4.79 Å². The van der Waals surface area contributed by atoms with Gasteiger partial charge in [0.2, 0.25) is 0 Å². The van der Waals surface area contributed by atoms with Crippen molar-refractivity contribution in [3.05, 3.63) is 83.3 Å². The van der Waals surface area contributed by atoms with Crippen LogP contribution < -0.4 is 0 Å². The summed E-state index contributed by atoms with van der Waals surface area (Å²) in [5.41, 5.74) is 4.68. The molecule has 0 aliphatic rings. The van der Waals surface area contributed by atoms with Gasteiger partial charge in [-0.25, -0.2) is 0 Å². The highest BCUT2D eigenvalue weighted by atomic mass is 16.1. The molecule has 0 saturated heterocycles. The van der Waals surface area contributed by atoms with E-state index in [2.05, 4.69) is 40.4 Å². The topological polar surface area (TPSA) is 63.6 Å². The fraction of sp³-hybridized carbons (Fsp3) is 0.150. The number of hydrogen-bond donors (Lipinski definition) is 1. The van der Waals surface area contributed by atoms with E-state index in [1.165, 1.54) is 11.1 Å². The number of carbonyl (C=O) groups excluding carboxylic acids is 1. The van der Waals surface area contributed by atoms with Crippen molar-refractivity contribution in [2.24, 2.45) is 0 Å². The number of ketones is 1. The SMILES string of the molecule is Cc1cccc(Cn2cc(CC(=O)c3n[nH]c4ccccc34)cn2)c1. The van der Waals surface area contributed by atoms with Gasteiger partial charge >= 0.3 is 0 Å². The van der Waals surface area contributed by atoms with Gasteiger partial charge in [0.25, 0.3) is 0 Å². The molecule has 0 unspecified atom stereocenters. The summed E-state index contributed by atoms with van der Waals surface area (Å²) in [5, 5.41) is 12.3. The molecular formula is C20H18N4O. The predicted molar refractivity (Wildman–Crippen MR) is 96.6 cm³/mol. The van der Waals surface area contributed by atoms with E-state index in [0.29, 0.717) is 18.7 Å². The van der Waals surface area contributed by atoms with E-state index in [1.807, 2.05) is 41.2 Å². The number of aromatic amines is 1. The third-order valence-electron chi connectivity index (χ3n) is 4.21. The first-order valence-corrected chi connectivity index (χ1v) is 8.22. The summed E-state index contributed by atoms with van der Waals surface area (Å²) in [6.45, 7) is 2.77. The average Bonchev–Trinajstić information content (AvgIpc) is 3.21. The third-order valence-corrected chi connectivity index (χ3v) is 4.21. The van der Waals surface area contributed by atoms with Gasteiger partial charge in [0, 0.05) is 18.0 Å². The molecule has 0 aliphatic heterocycles. The Hall–Kier alpha value is -3.21. The number of nitrogens with zero attached hydrogens (tertiary/aromatic N) is 3. The molecule has 0 fully saturated rings. The Labute approximate surface area is 145 Å². The second-order valence-electron chi connectivity index (χ2n) is 6.25. The Morgan fingerprint density at radius 3 is 2.88 bits per heavy atom. The number of benzene rings is 2. The average molecular weight is 330 g/mol. The molecule has 0 spiro atoms. The number of para-hydroxylation sites is 1. The fourth-order valence-corrected chi connectivity index (χ4v) is 3.03. The number of nitrogens with one attached hydrogen (secondary N) is 1. The monoisotopic (exact) mass is 330 g/mol. The molecule has 5 nitrogen and oxygen atoms in total. The number of H-pyrrole nitrogens is 1. The van der Waals surface area contributed by atoms with Crippen LogP contribution in [-0.4, -0.2) is 25.8 Å². The Kier molecular flexibility index (Phi) is 3.90. The maximum atomic E-state index is 12.6. The van der Waals surface area contributed by atoms with E-state index in [0.717, 1.165) is 16.5 Å². The second-order valence-corrected chi connectivity index (χ2v) is 6.25. The highest BCUT2D eigenvalue weighted by Crippen LogP contribution is 2.17. The molecular weight excluding hydrogens is 312 g/mol. The predicted octanol–water partition coefficient (Wildman–Crippen LogP) is 3.54. The van der Waals surface area contributed by atoms with Gasteiger partial charge in [0.05, 0.1) is 18.3 Å². The van der Waals surface area contributed by atoms with Crippen LogP contribution in [0.5, 0.6) is 0 Å². The van der Waals surface area contributed by atoms with Crippen LogP contribution in [0.15, 0.2) is 60.9 Å². The number of rotatable bonds is 5. The summed E-state index contributed by atoms with van der Waals surface area (Å²) in [5.74, 6) is -0.00689. The van der Waals surface area contributed by atoms with E-state index in [4.69, 9.17) is 0 Å². The second kappa shape index (κ2) is 6.36. The largest absolute Gasteiger partial charge is 0.292 e. The van der Waals surface area contributed by atoms with Crippen molar-refractivity contribution in [2.75, 3.05) is 0 Å². The molecule has 2 aromatic heterocycles. The Balaban J connectivity index is 1.50. The molecule has 0 saturated carbocycles. The lowest BCUT2D eigenvalue weighted by molar-refractivity contribution is 0.0989. The summed E-state index contributed by atoms with van der Waals surface area (Å²) in [6, 6.07) is 16.0. The molecule has 124 valence electrons. The van der Waals surface area contributed by atoms with Gasteiger partial charge in [-0.2, -0.15) is 10.2 Å². The standard InChI is InChI=1S/C20H18N4O/c1-14-5-4-6-15(9-14)12-24-13-16(11-21-24)10-19(25)20-17-7-2-3-8-18(17)22-23-20/h2-9,11,13H,10,12H2,1H3,(H,22,23). The lowest BCUT2D eigenvalue weighted by Crippen LogP contribution is -2.04. The molecule has 4 rings (SSSR count). The van der Waals surface area contributed by atoms with Crippen LogP contribution >= 0.6 is 0 Å².